The number of amides is 2. The Balaban J connectivity index is 1.45. The number of carbonyl (C=O) groups is 2. The summed E-state index contributed by atoms with van der Waals surface area (Å²) in [4.78, 5) is 36.5. The zero-order chi connectivity index (χ0) is 26.5. The van der Waals surface area contributed by atoms with Gasteiger partial charge in [-0.05, 0) is 31.2 Å². The first-order valence-corrected chi connectivity index (χ1v) is 10.7. The quantitative estimate of drug-likeness (QED) is 0.357. The molecule has 2 N–H and O–H groups in total. The molecule has 0 aromatic carbocycles. The number of pyridine rings is 3. The van der Waals surface area contributed by atoms with Gasteiger partial charge in [0.2, 0.25) is 11.8 Å². The summed E-state index contributed by atoms with van der Waals surface area (Å²) in [6.07, 6.45) is 1.49. The molecule has 12 nitrogen and oxygen atoms in total. The second-order valence-corrected chi connectivity index (χ2v) is 7.59. The molecule has 4 rings (SSSR count). The first kappa shape index (κ1) is 25.1. The maximum atomic E-state index is 13.9. The minimum Gasteiger partial charge on any atom is -0.481 e. The van der Waals surface area contributed by atoms with Crippen molar-refractivity contribution in [2.75, 3.05) is 17.7 Å². The molecular weight excluding hydrogens is 490 g/mol. The molecule has 0 saturated heterocycles. The van der Waals surface area contributed by atoms with Crippen LogP contribution in [-0.4, -0.2) is 49.1 Å². The molecule has 0 aliphatic carbocycles. The highest BCUT2D eigenvalue weighted by atomic mass is 19.1. The van der Waals surface area contributed by atoms with Crippen molar-refractivity contribution >= 4 is 23.5 Å². The number of aromatic nitrogens is 6. The predicted octanol–water partition coefficient (Wildman–Crippen LogP) is 3.52. The van der Waals surface area contributed by atoms with Gasteiger partial charge in [0.05, 0.1) is 36.4 Å². The van der Waals surface area contributed by atoms with Gasteiger partial charge in [-0.25, -0.2) is 23.8 Å². The number of nitrogens with zero attached hydrogens (tertiary/aromatic N) is 6. The first-order valence-electron chi connectivity index (χ1n) is 10.7. The Labute approximate surface area is 208 Å². The van der Waals surface area contributed by atoms with Gasteiger partial charge in [0.1, 0.15) is 11.9 Å². The largest absolute Gasteiger partial charge is 0.481 e. The van der Waals surface area contributed by atoms with E-state index in [1.165, 1.54) is 50.3 Å². The number of aryl methyl sites for hydroxylation is 1. The van der Waals surface area contributed by atoms with E-state index in [4.69, 9.17) is 9.47 Å². The number of nitrogens with one attached hydrogen (secondary N) is 2. The molecule has 190 valence electrons. The topological polar surface area (TPSA) is 146 Å². The van der Waals surface area contributed by atoms with Gasteiger partial charge in [-0.15, -0.1) is 5.10 Å². The van der Waals surface area contributed by atoms with Gasteiger partial charge in [-0.2, -0.15) is 4.39 Å². The highest BCUT2D eigenvalue weighted by Gasteiger charge is 2.21. The predicted molar refractivity (Wildman–Crippen MR) is 126 cm³/mol. The number of hydrogen-bond acceptors (Lipinski definition) is 9. The van der Waals surface area contributed by atoms with E-state index in [1.807, 2.05) is 0 Å². The van der Waals surface area contributed by atoms with Crippen LogP contribution in [0.3, 0.4) is 0 Å². The molecule has 0 fully saturated rings. The maximum Gasteiger partial charge on any atom is 0.413 e. The molecule has 37 heavy (non-hydrogen) atoms. The van der Waals surface area contributed by atoms with Crippen LogP contribution in [0.15, 0.2) is 48.9 Å². The van der Waals surface area contributed by atoms with Gasteiger partial charge in [-0.3, -0.25) is 15.1 Å². The molecule has 4 aromatic rings. The van der Waals surface area contributed by atoms with E-state index in [0.717, 1.165) is 12.3 Å². The van der Waals surface area contributed by atoms with Crippen LogP contribution < -0.4 is 15.4 Å². The molecule has 0 unspecified atom stereocenters. The molecule has 2 amide bonds. The average molecular weight is 510 g/mol. The Morgan fingerprint density at radius 1 is 1.05 bits per heavy atom. The van der Waals surface area contributed by atoms with Gasteiger partial charge < -0.3 is 14.8 Å². The van der Waals surface area contributed by atoms with Gasteiger partial charge in [-0.1, -0.05) is 5.21 Å². The number of anilines is 2. The zero-order valence-electron chi connectivity index (χ0n) is 19.8. The summed E-state index contributed by atoms with van der Waals surface area (Å²) in [5, 5.41) is 13.1. The molecule has 14 heteroatoms. The summed E-state index contributed by atoms with van der Waals surface area (Å²) in [6, 6.07) is 7.09. The van der Waals surface area contributed by atoms with Crippen molar-refractivity contribution in [1.29, 1.82) is 0 Å². The third-order valence-electron chi connectivity index (χ3n) is 5.07. The molecule has 4 heterocycles. The molecule has 4 aromatic heterocycles. The lowest BCUT2D eigenvalue weighted by atomic mass is 10.2. The van der Waals surface area contributed by atoms with E-state index in [1.54, 1.807) is 12.1 Å². The highest BCUT2D eigenvalue weighted by molar-refractivity contribution is 6.04. The third kappa shape index (κ3) is 5.80. The van der Waals surface area contributed by atoms with Crippen molar-refractivity contribution < 1.29 is 27.8 Å². The van der Waals surface area contributed by atoms with Crippen LogP contribution in [0, 0.1) is 11.8 Å². The summed E-state index contributed by atoms with van der Waals surface area (Å²) in [6.45, 7) is 1.37. The van der Waals surface area contributed by atoms with E-state index in [2.05, 4.69) is 35.9 Å². The minimum absolute atomic E-state index is 0.142. The van der Waals surface area contributed by atoms with E-state index >= 15 is 0 Å². The van der Waals surface area contributed by atoms with Crippen molar-refractivity contribution in [2.24, 2.45) is 7.05 Å². The lowest BCUT2D eigenvalue weighted by Crippen LogP contribution is -2.19. The van der Waals surface area contributed by atoms with Crippen molar-refractivity contribution in [2.45, 2.75) is 13.0 Å². The Morgan fingerprint density at radius 2 is 1.86 bits per heavy atom. The smallest absolute Gasteiger partial charge is 0.413 e. The summed E-state index contributed by atoms with van der Waals surface area (Å²) < 4.78 is 38.8. The fraction of sp³-hybridized carbons (Fsp3) is 0.174. The van der Waals surface area contributed by atoms with E-state index in [-0.39, 0.29) is 23.0 Å². The molecule has 0 spiro atoms. The highest BCUT2D eigenvalue weighted by Crippen LogP contribution is 2.26. The molecule has 0 aliphatic heterocycles. The van der Waals surface area contributed by atoms with Crippen LogP contribution in [0.5, 0.6) is 5.88 Å². The summed E-state index contributed by atoms with van der Waals surface area (Å²) in [7, 11) is 2.98. The van der Waals surface area contributed by atoms with Crippen molar-refractivity contribution in [3.05, 3.63) is 71.8 Å². The van der Waals surface area contributed by atoms with Crippen LogP contribution in [0.4, 0.5) is 25.1 Å². The molecule has 0 saturated carbocycles. The summed E-state index contributed by atoms with van der Waals surface area (Å²) in [5.41, 5.74) is 1.07. The van der Waals surface area contributed by atoms with Crippen molar-refractivity contribution in [3.8, 4) is 17.3 Å². The molecule has 0 bridgehead atoms. The van der Waals surface area contributed by atoms with E-state index in [0.29, 0.717) is 22.8 Å². The minimum atomic E-state index is -1.13. The van der Waals surface area contributed by atoms with E-state index in [9.17, 15) is 18.4 Å². The SMILES string of the molecule is COc1cc(C(=O)Nc2ccc(-c3nnn(C)c3NC(=O)O[C@H](C)c3cc(F)cnc3F)nc2)ccn1. The zero-order valence-corrected chi connectivity index (χ0v) is 19.8. The van der Waals surface area contributed by atoms with Crippen LogP contribution in [0.25, 0.3) is 11.4 Å². The van der Waals surface area contributed by atoms with Crippen molar-refractivity contribution in [3.63, 3.8) is 0 Å². The second-order valence-electron chi connectivity index (χ2n) is 7.59. The molecule has 0 radical (unpaired) electrons. The number of carbonyl (C=O) groups excluding carboxylic acids is 2. The van der Waals surface area contributed by atoms with Crippen LogP contribution in [0.2, 0.25) is 0 Å². The molecular formula is C23H20F2N8O4. The lowest BCUT2D eigenvalue weighted by molar-refractivity contribution is 0.102. The summed E-state index contributed by atoms with van der Waals surface area (Å²) in [5.74, 6) is -1.67. The Kier molecular flexibility index (Phi) is 7.27. The van der Waals surface area contributed by atoms with E-state index < -0.39 is 24.0 Å². The van der Waals surface area contributed by atoms with Gasteiger partial charge in [0.15, 0.2) is 11.5 Å². The number of halogens is 2. The number of ether oxygens (including phenoxy) is 2. The van der Waals surface area contributed by atoms with Gasteiger partial charge in [0, 0.05) is 24.9 Å². The monoisotopic (exact) mass is 510 g/mol. The first-order chi connectivity index (χ1) is 17.7. The lowest BCUT2D eigenvalue weighted by Gasteiger charge is -2.15. The fourth-order valence-electron chi connectivity index (χ4n) is 3.22. The van der Waals surface area contributed by atoms with Gasteiger partial charge >= 0.3 is 6.09 Å². The average Bonchev–Trinajstić information content (AvgIpc) is 3.25. The fourth-order valence-corrected chi connectivity index (χ4v) is 3.22. The Bertz CT molecular complexity index is 1450. The molecule has 1 atom stereocenters. The third-order valence-corrected chi connectivity index (χ3v) is 5.07. The Morgan fingerprint density at radius 3 is 2.59 bits per heavy atom. The molecule has 0 aliphatic rings. The van der Waals surface area contributed by atoms with Crippen LogP contribution in [0.1, 0.15) is 28.9 Å². The Hall–Kier alpha value is -5.01. The van der Waals surface area contributed by atoms with Crippen molar-refractivity contribution in [1.82, 2.24) is 29.9 Å². The number of hydrogen-bond donors (Lipinski definition) is 2. The summed E-state index contributed by atoms with van der Waals surface area (Å²) >= 11 is 0. The van der Waals surface area contributed by atoms with Gasteiger partial charge in [0.25, 0.3) is 5.91 Å². The number of rotatable bonds is 7. The normalized spacial score (nSPS) is 11.5. The number of methoxy groups -OCH3 is 1. The van der Waals surface area contributed by atoms with Crippen LogP contribution >= 0.6 is 0 Å². The second kappa shape index (κ2) is 10.7. The standard InChI is InChI=1S/C23H20F2N8O4/c1-12(16-9-14(24)10-28-20(16)25)37-23(35)30-21-19(31-32-33(21)2)17-5-4-15(11-27-17)29-22(34)13-6-7-26-18(8-13)36-3/h4-12H,1-3H3,(H,29,34)(H,30,35)/t12-/m1/s1. The maximum absolute atomic E-state index is 13.9. The van der Waals surface area contributed by atoms with Crippen LogP contribution in [-0.2, 0) is 11.8 Å².